The van der Waals surface area contributed by atoms with E-state index in [0.29, 0.717) is 40.5 Å². The molecule has 1 aliphatic rings. The number of primary sulfonamides is 1. The number of nitrogens with two attached hydrogens (primary N) is 1. The zero-order valence-electron chi connectivity index (χ0n) is 18.2. The van der Waals surface area contributed by atoms with Crippen LogP contribution in [0.2, 0.25) is 0 Å². The van der Waals surface area contributed by atoms with Gasteiger partial charge in [-0.25, -0.2) is 17.9 Å². The lowest BCUT2D eigenvalue weighted by Gasteiger charge is -2.30. The summed E-state index contributed by atoms with van der Waals surface area (Å²) >= 11 is 0. The molecule has 0 fully saturated rings. The number of hydrogen-bond acceptors (Lipinski definition) is 6. The van der Waals surface area contributed by atoms with Crippen LogP contribution in [0.5, 0.6) is 17.2 Å². The topological polar surface area (TPSA) is 97.1 Å². The smallest absolute Gasteiger partial charge is 0.213 e. The number of hydrogen-bond donors (Lipinski definition) is 1. The molecular weight excluding hydrogens is 449 g/mol. The van der Waals surface area contributed by atoms with Crippen molar-refractivity contribution < 1.29 is 31.8 Å². The van der Waals surface area contributed by atoms with E-state index in [1.54, 1.807) is 44.6 Å². The quantitative estimate of drug-likeness (QED) is 0.500. The monoisotopic (exact) mass is 473 g/mol. The summed E-state index contributed by atoms with van der Waals surface area (Å²) in [6.45, 7) is 0.624. The van der Waals surface area contributed by atoms with Gasteiger partial charge in [0.2, 0.25) is 10.0 Å². The molecule has 174 valence electrons. The fourth-order valence-electron chi connectivity index (χ4n) is 3.92. The molecule has 2 N–H and O–H groups in total. The Bertz CT molecular complexity index is 1280. The first kappa shape index (κ1) is 23.0. The van der Waals surface area contributed by atoms with Gasteiger partial charge in [0.15, 0.2) is 0 Å². The molecular formula is C24H24FNO6S. The third kappa shape index (κ3) is 5.11. The lowest BCUT2D eigenvalue weighted by Crippen LogP contribution is -2.18. The Labute approximate surface area is 191 Å². The largest absolute Gasteiger partial charge is 0.496 e. The molecule has 33 heavy (non-hydrogen) atoms. The highest BCUT2D eigenvalue weighted by atomic mass is 32.2. The maximum Gasteiger partial charge on any atom is 0.213 e. The zero-order valence-corrected chi connectivity index (χ0v) is 19.0. The van der Waals surface area contributed by atoms with E-state index < -0.39 is 21.9 Å². The number of benzene rings is 3. The highest BCUT2D eigenvalue weighted by molar-refractivity contribution is 7.88. The van der Waals surface area contributed by atoms with Gasteiger partial charge in [-0.1, -0.05) is 24.3 Å². The van der Waals surface area contributed by atoms with Crippen molar-refractivity contribution in [1.82, 2.24) is 0 Å². The summed E-state index contributed by atoms with van der Waals surface area (Å²) in [5.74, 6) is 0.693. The van der Waals surface area contributed by atoms with Crippen LogP contribution in [0.4, 0.5) is 4.39 Å². The molecule has 0 spiro atoms. The molecule has 1 unspecified atom stereocenters. The minimum atomic E-state index is -3.74. The minimum absolute atomic E-state index is 0.264. The Morgan fingerprint density at radius 1 is 1.06 bits per heavy atom. The summed E-state index contributed by atoms with van der Waals surface area (Å²) in [4.78, 5) is 0. The van der Waals surface area contributed by atoms with Crippen molar-refractivity contribution in [2.24, 2.45) is 5.14 Å². The van der Waals surface area contributed by atoms with Crippen LogP contribution in [0.1, 0.15) is 22.8 Å². The van der Waals surface area contributed by atoms with E-state index in [0.717, 1.165) is 11.1 Å². The van der Waals surface area contributed by atoms with Crippen LogP contribution in [0.25, 0.3) is 11.1 Å². The number of methoxy groups -OCH3 is 2. The average Bonchev–Trinajstić information content (AvgIpc) is 2.76. The molecule has 7 nitrogen and oxygen atoms in total. The Morgan fingerprint density at radius 3 is 2.61 bits per heavy atom. The lowest BCUT2D eigenvalue weighted by molar-refractivity contribution is 0.146. The van der Waals surface area contributed by atoms with Gasteiger partial charge in [0.05, 0.1) is 25.0 Å². The SMILES string of the molecule is COCCOc1cc(F)cc(C2Oc3cccc(OC)c3-c3ccc(CS(N)(=O)=O)cc32)c1. The molecule has 0 aliphatic carbocycles. The first-order valence-corrected chi connectivity index (χ1v) is 11.9. The van der Waals surface area contributed by atoms with Gasteiger partial charge in [-0.2, -0.15) is 0 Å². The summed E-state index contributed by atoms with van der Waals surface area (Å²) in [5.41, 5.74) is 3.21. The van der Waals surface area contributed by atoms with Crippen LogP contribution in [0.3, 0.4) is 0 Å². The second kappa shape index (κ2) is 9.38. The number of fused-ring (bicyclic) bond motifs is 3. The van der Waals surface area contributed by atoms with E-state index in [9.17, 15) is 12.8 Å². The van der Waals surface area contributed by atoms with Crippen LogP contribution in [-0.2, 0) is 20.5 Å². The summed E-state index contributed by atoms with van der Waals surface area (Å²) in [6.07, 6.45) is -0.708. The minimum Gasteiger partial charge on any atom is -0.496 e. The third-order valence-electron chi connectivity index (χ3n) is 5.24. The normalized spacial score (nSPS) is 14.7. The van der Waals surface area contributed by atoms with Gasteiger partial charge in [-0.3, -0.25) is 0 Å². The number of ether oxygens (including phenoxy) is 4. The van der Waals surface area contributed by atoms with Gasteiger partial charge in [0, 0.05) is 24.3 Å². The Balaban J connectivity index is 1.84. The van der Waals surface area contributed by atoms with Crippen LogP contribution >= 0.6 is 0 Å². The van der Waals surface area contributed by atoms with Gasteiger partial charge in [-0.05, 0) is 35.4 Å². The number of rotatable bonds is 8. The summed E-state index contributed by atoms with van der Waals surface area (Å²) in [7, 11) is -0.627. The van der Waals surface area contributed by atoms with E-state index in [-0.39, 0.29) is 12.4 Å². The molecule has 0 aromatic heterocycles. The van der Waals surface area contributed by atoms with E-state index in [1.165, 1.54) is 12.1 Å². The van der Waals surface area contributed by atoms with E-state index >= 15 is 0 Å². The summed E-state index contributed by atoms with van der Waals surface area (Å²) in [6, 6.07) is 15.0. The van der Waals surface area contributed by atoms with Gasteiger partial charge in [-0.15, -0.1) is 0 Å². The molecule has 0 bridgehead atoms. The van der Waals surface area contributed by atoms with E-state index in [1.807, 2.05) is 12.1 Å². The molecule has 0 saturated carbocycles. The fraction of sp³-hybridized carbons (Fsp3) is 0.250. The third-order valence-corrected chi connectivity index (χ3v) is 5.98. The van der Waals surface area contributed by atoms with Crippen LogP contribution in [0, 0.1) is 5.82 Å². The van der Waals surface area contributed by atoms with Gasteiger partial charge in [0.1, 0.15) is 35.8 Å². The fourth-order valence-corrected chi connectivity index (χ4v) is 4.57. The van der Waals surface area contributed by atoms with Crippen LogP contribution < -0.4 is 19.3 Å². The predicted octanol–water partition coefficient (Wildman–Crippen LogP) is 3.80. The molecule has 9 heteroatoms. The van der Waals surface area contributed by atoms with Gasteiger partial charge >= 0.3 is 0 Å². The molecule has 3 aromatic rings. The van der Waals surface area contributed by atoms with Crippen LogP contribution in [0.15, 0.2) is 54.6 Å². The van der Waals surface area contributed by atoms with Crippen molar-refractivity contribution in [3.8, 4) is 28.4 Å². The molecule has 0 amide bonds. The van der Waals surface area contributed by atoms with Gasteiger partial charge < -0.3 is 18.9 Å². The first-order valence-electron chi connectivity index (χ1n) is 10.2. The Morgan fingerprint density at radius 2 is 1.88 bits per heavy atom. The molecule has 0 saturated heterocycles. The van der Waals surface area contributed by atoms with Crippen molar-refractivity contribution in [3.05, 3.63) is 77.1 Å². The molecule has 3 aromatic carbocycles. The van der Waals surface area contributed by atoms with Crippen molar-refractivity contribution in [3.63, 3.8) is 0 Å². The van der Waals surface area contributed by atoms with Crippen molar-refractivity contribution >= 4 is 10.0 Å². The highest BCUT2D eigenvalue weighted by Crippen LogP contribution is 2.49. The summed E-state index contributed by atoms with van der Waals surface area (Å²) < 4.78 is 60.3. The molecule has 1 atom stereocenters. The maximum absolute atomic E-state index is 14.5. The van der Waals surface area contributed by atoms with E-state index in [2.05, 4.69) is 0 Å². The second-order valence-corrected chi connectivity index (χ2v) is 9.24. The maximum atomic E-state index is 14.5. The highest BCUT2D eigenvalue weighted by Gasteiger charge is 2.31. The molecule has 1 aliphatic heterocycles. The molecule has 1 heterocycles. The number of halogens is 1. The second-order valence-electron chi connectivity index (χ2n) is 7.62. The Kier molecular flexibility index (Phi) is 6.55. The van der Waals surface area contributed by atoms with Crippen molar-refractivity contribution in [2.75, 3.05) is 27.4 Å². The Hall–Kier alpha value is -3.14. The standard InChI is InChI=1S/C24H24FNO6S/c1-29-8-9-31-18-12-16(11-17(25)13-18)24-20-10-15(14-33(26,27)28)6-7-19(20)23-21(30-2)4-3-5-22(23)32-24/h3-7,10-13,24H,8-9,14H2,1-2H3,(H2,26,27,28). The average molecular weight is 474 g/mol. The summed E-state index contributed by atoms with van der Waals surface area (Å²) in [5, 5.41) is 5.25. The van der Waals surface area contributed by atoms with Crippen molar-refractivity contribution in [1.29, 1.82) is 0 Å². The van der Waals surface area contributed by atoms with Gasteiger partial charge in [0.25, 0.3) is 0 Å². The van der Waals surface area contributed by atoms with E-state index in [4.69, 9.17) is 24.1 Å². The predicted molar refractivity (Wildman–Crippen MR) is 121 cm³/mol. The molecule has 0 radical (unpaired) electrons. The van der Waals surface area contributed by atoms with Crippen molar-refractivity contribution in [2.45, 2.75) is 11.9 Å². The number of sulfonamides is 1. The zero-order chi connectivity index (χ0) is 23.6. The van der Waals surface area contributed by atoms with Crippen LogP contribution in [-0.4, -0.2) is 35.9 Å². The lowest BCUT2D eigenvalue weighted by atomic mass is 9.88. The molecule has 4 rings (SSSR count). The first-order chi connectivity index (χ1) is 15.8.